The average Bonchev–Trinajstić information content (AvgIpc) is 2.58. The second kappa shape index (κ2) is 5.99. The smallest absolute Gasteiger partial charge is 0.203 e. The molecule has 0 aliphatic carbocycles. The maximum atomic E-state index is 8.80. The highest BCUT2D eigenvalue weighted by Gasteiger charge is 2.12. The maximum absolute atomic E-state index is 8.80. The summed E-state index contributed by atoms with van der Waals surface area (Å²) in [6.45, 7) is 6.10. The fourth-order valence-electron chi connectivity index (χ4n) is 1.30. The number of anilines is 1. The Bertz CT molecular complexity index is 289. The second-order valence-electron chi connectivity index (χ2n) is 3.68. The Hall–Kier alpha value is -0.720. The molecule has 15 heavy (non-hydrogen) atoms. The van der Waals surface area contributed by atoms with Gasteiger partial charge in [-0.15, -0.1) is 10.2 Å². The van der Waals surface area contributed by atoms with Crippen molar-refractivity contribution < 1.29 is 5.11 Å². The molecule has 3 N–H and O–H groups in total. The molecule has 86 valence electrons. The van der Waals surface area contributed by atoms with Crippen LogP contribution in [0.1, 0.15) is 25.3 Å². The molecular weight excluding hydrogens is 212 g/mol. The van der Waals surface area contributed by atoms with Crippen LogP contribution in [0.5, 0.6) is 0 Å². The highest BCUT2D eigenvalue weighted by Crippen LogP contribution is 2.14. The lowest BCUT2D eigenvalue weighted by atomic mass is 10.3. The van der Waals surface area contributed by atoms with Gasteiger partial charge in [0.05, 0.1) is 6.54 Å². The van der Waals surface area contributed by atoms with Crippen LogP contribution >= 0.6 is 11.3 Å². The molecule has 0 bridgehead atoms. The van der Waals surface area contributed by atoms with E-state index in [1.54, 1.807) is 0 Å². The fourth-order valence-corrected chi connectivity index (χ4v) is 1.93. The monoisotopic (exact) mass is 230 g/mol. The molecule has 1 rings (SSSR count). The highest BCUT2D eigenvalue weighted by molar-refractivity contribution is 7.15. The topological polar surface area (TPSA) is 75.3 Å². The third kappa shape index (κ3) is 4.11. The third-order valence-electron chi connectivity index (χ3n) is 2.15. The van der Waals surface area contributed by atoms with Gasteiger partial charge in [0, 0.05) is 19.2 Å². The van der Waals surface area contributed by atoms with Crippen LogP contribution < -0.4 is 5.73 Å². The summed E-state index contributed by atoms with van der Waals surface area (Å²) in [5, 5.41) is 18.0. The van der Waals surface area contributed by atoms with Gasteiger partial charge in [0.1, 0.15) is 5.01 Å². The number of hydrogen-bond donors (Lipinski definition) is 2. The Morgan fingerprint density at radius 2 is 2.20 bits per heavy atom. The summed E-state index contributed by atoms with van der Waals surface area (Å²) >= 11 is 1.42. The predicted octanol–water partition coefficient (Wildman–Crippen LogP) is 0.713. The fraction of sp³-hybridized carbons (Fsp3) is 0.778. The zero-order valence-electron chi connectivity index (χ0n) is 9.18. The Kier molecular flexibility index (Phi) is 4.93. The number of hydrogen-bond acceptors (Lipinski definition) is 6. The Morgan fingerprint density at radius 1 is 1.47 bits per heavy atom. The van der Waals surface area contributed by atoms with Crippen molar-refractivity contribution in [3.63, 3.8) is 0 Å². The molecule has 1 aromatic heterocycles. The number of aliphatic hydroxyl groups excluding tert-OH is 1. The first-order chi connectivity index (χ1) is 7.13. The van der Waals surface area contributed by atoms with Crippen LogP contribution in [0.4, 0.5) is 5.13 Å². The molecule has 0 amide bonds. The van der Waals surface area contributed by atoms with Crippen LogP contribution in [0.2, 0.25) is 0 Å². The zero-order valence-corrected chi connectivity index (χ0v) is 10.00. The number of rotatable bonds is 6. The van der Waals surface area contributed by atoms with E-state index in [0.29, 0.717) is 11.2 Å². The van der Waals surface area contributed by atoms with Crippen LogP contribution in [0.25, 0.3) is 0 Å². The molecule has 0 saturated carbocycles. The van der Waals surface area contributed by atoms with Crippen LogP contribution in [0, 0.1) is 0 Å². The number of nitrogen functional groups attached to an aromatic ring is 1. The van der Waals surface area contributed by atoms with Gasteiger partial charge in [-0.2, -0.15) is 0 Å². The number of nitrogens with two attached hydrogens (primary N) is 1. The lowest BCUT2D eigenvalue weighted by Crippen LogP contribution is -2.31. The summed E-state index contributed by atoms with van der Waals surface area (Å²) in [5.41, 5.74) is 5.52. The lowest BCUT2D eigenvalue weighted by Gasteiger charge is -2.24. The molecular formula is C9H18N4OS. The largest absolute Gasteiger partial charge is 0.396 e. The van der Waals surface area contributed by atoms with Crippen molar-refractivity contribution in [2.75, 3.05) is 18.9 Å². The number of aromatic nitrogens is 2. The van der Waals surface area contributed by atoms with Crippen molar-refractivity contribution in [1.29, 1.82) is 0 Å². The van der Waals surface area contributed by atoms with E-state index in [2.05, 4.69) is 28.9 Å². The summed E-state index contributed by atoms with van der Waals surface area (Å²) in [6.07, 6.45) is 0.784. The van der Waals surface area contributed by atoms with Gasteiger partial charge in [-0.1, -0.05) is 11.3 Å². The summed E-state index contributed by atoms with van der Waals surface area (Å²) in [5.74, 6) is 0. The van der Waals surface area contributed by atoms with Crippen LogP contribution in [0.3, 0.4) is 0 Å². The summed E-state index contributed by atoms with van der Waals surface area (Å²) < 4.78 is 0. The summed E-state index contributed by atoms with van der Waals surface area (Å²) in [7, 11) is 0. The van der Waals surface area contributed by atoms with E-state index < -0.39 is 0 Å². The molecule has 0 aromatic carbocycles. The summed E-state index contributed by atoms with van der Waals surface area (Å²) in [6, 6.07) is 0.432. The Labute approximate surface area is 93.9 Å². The summed E-state index contributed by atoms with van der Waals surface area (Å²) in [4.78, 5) is 2.25. The van der Waals surface area contributed by atoms with Crippen molar-refractivity contribution in [1.82, 2.24) is 15.1 Å². The molecule has 0 radical (unpaired) electrons. The first-order valence-corrected chi connectivity index (χ1v) is 5.88. The van der Waals surface area contributed by atoms with Gasteiger partial charge in [-0.25, -0.2) is 0 Å². The molecule has 1 heterocycles. The average molecular weight is 230 g/mol. The van der Waals surface area contributed by atoms with E-state index in [-0.39, 0.29) is 6.61 Å². The number of nitrogens with zero attached hydrogens (tertiary/aromatic N) is 3. The van der Waals surface area contributed by atoms with E-state index in [4.69, 9.17) is 10.8 Å². The van der Waals surface area contributed by atoms with E-state index >= 15 is 0 Å². The van der Waals surface area contributed by atoms with Crippen molar-refractivity contribution >= 4 is 16.5 Å². The second-order valence-corrected chi connectivity index (χ2v) is 4.77. The minimum Gasteiger partial charge on any atom is -0.396 e. The molecule has 0 spiro atoms. The van der Waals surface area contributed by atoms with Gasteiger partial charge < -0.3 is 10.8 Å². The molecule has 0 aliphatic rings. The molecule has 0 saturated heterocycles. The van der Waals surface area contributed by atoms with Gasteiger partial charge in [0.15, 0.2) is 0 Å². The van der Waals surface area contributed by atoms with E-state index in [0.717, 1.165) is 24.5 Å². The third-order valence-corrected chi connectivity index (χ3v) is 2.89. The van der Waals surface area contributed by atoms with E-state index in [9.17, 15) is 0 Å². The van der Waals surface area contributed by atoms with Crippen LogP contribution in [0.15, 0.2) is 0 Å². The maximum Gasteiger partial charge on any atom is 0.203 e. The van der Waals surface area contributed by atoms with Gasteiger partial charge >= 0.3 is 0 Å². The first-order valence-electron chi connectivity index (χ1n) is 5.06. The van der Waals surface area contributed by atoms with Gasteiger partial charge in [0.2, 0.25) is 5.13 Å². The molecule has 1 aromatic rings. The molecule has 0 atom stereocenters. The van der Waals surface area contributed by atoms with E-state index in [1.807, 2.05) is 0 Å². The van der Waals surface area contributed by atoms with Gasteiger partial charge in [0.25, 0.3) is 0 Å². The Balaban J connectivity index is 2.50. The molecule has 5 nitrogen and oxygen atoms in total. The minimum absolute atomic E-state index is 0.224. The van der Waals surface area contributed by atoms with Gasteiger partial charge in [-0.3, -0.25) is 4.90 Å². The Morgan fingerprint density at radius 3 is 2.67 bits per heavy atom. The van der Waals surface area contributed by atoms with Crippen molar-refractivity contribution in [2.45, 2.75) is 32.9 Å². The van der Waals surface area contributed by atoms with Crippen molar-refractivity contribution in [2.24, 2.45) is 0 Å². The zero-order chi connectivity index (χ0) is 11.3. The van der Waals surface area contributed by atoms with Crippen molar-refractivity contribution in [3.8, 4) is 0 Å². The lowest BCUT2D eigenvalue weighted by molar-refractivity contribution is 0.184. The van der Waals surface area contributed by atoms with Crippen LogP contribution in [-0.2, 0) is 6.54 Å². The van der Waals surface area contributed by atoms with Crippen molar-refractivity contribution in [3.05, 3.63) is 5.01 Å². The minimum atomic E-state index is 0.224. The SMILES string of the molecule is CC(C)N(CCCO)Cc1nnc(N)s1. The van der Waals surface area contributed by atoms with E-state index in [1.165, 1.54) is 11.3 Å². The van der Waals surface area contributed by atoms with Crippen LogP contribution in [-0.4, -0.2) is 39.4 Å². The number of aliphatic hydroxyl groups is 1. The molecule has 6 heteroatoms. The molecule has 0 aliphatic heterocycles. The quantitative estimate of drug-likeness (QED) is 0.753. The first kappa shape index (κ1) is 12.4. The highest BCUT2D eigenvalue weighted by atomic mass is 32.1. The predicted molar refractivity (Wildman–Crippen MR) is 61.6 cm³/mol. The van der Waals surface area contributed by atoms with Gasteiger partial charge in [-0.05, 0) is 20.3 Å². The molecule has 0 fully saturated rings. The normalized spacial score (nSPS) is 11.5. The standard InChI is InChI=1S/C9H18N4OS/c1-7(2)13(4-3-5-14)6-8-11-12-9(10)15-8/h7,14H,3-6H2,1-2H3,(H2,10,12). The molecule has 0 unspecified atom stereocenters.